The van der Waals surface area contributed by atoms with Gasteiger partial charge in [0.1, 0.15) is 16.3 Å². The van der Waals surface area contributed by atoms with E-state index in [0.29, 0.717) is 17.3 Å². The molecule has 154 valence electrons. The fraction of sp³-hybridized carbons (Fsp3) is 0.143. The fourth-order valence-corrected chi connectivity index (χ4v) is 4.07. The van der Waals surface area contributed by atoms with Crippen molar-refractivity contribution < 1.29 is 13.2 Å². The van der Waals surface area contributed by atoms with E-state index in [9.17, 15) is 8.42 Å². The summed E-state index contributed by atoms with van der Waals surface area (Å²) in [7, 11) is -0.638. The van der Waals surface area contributed by atoms with Crippen LogP contribution in [0.2, 0.25) is 0 Å². The number of methoxy groups -OCH3 is 1. The van der Waals surface area contributed by atoms with E-state index >= 15 is 0 Å². The van der Waals surface area contributed by atoms with E-state index in [4.69, 9.17) is 4.74 Å². The molecule has 2 N–H and O–H groups in total. The molecule has 2 aromatic carbocycles. The lowest BCUT2D eigenvalue weighted by molar-refractivity contribution is 0.415. The highest BCUT2D eigenvalue weighted by atomic mass is 32.2. The molecule has 0 saturated heterocycles. The van der Waals surface area contributed by atoms with Crippen molar-refractivity contribution in [2.45, 2.75) is 11.8 Å². The van der Waals surface area contributed by atoms with E-state index in [0.717, 1.165) is 22.4 Å². The number of hydrogen-bond donors (Lipinski definition) is 2. The molecule has 0 saturated carbocycles. The van der Waals surface area contributed by atoms with Crippen molar-refractivity contribution in [3.63, 3.8) is 0 Å². The molecule has 0 spiro atoms. The van der Waals surface area contributed by atoms with Gasteiger partial charge in [-0.3, -0.25) is 4.57 Å². The molecule has 0 radical (unpaired) electrons. The summed E-state index contributed by atoms with van der Waals surface area (Å²) < 4.78 is 34.4. The first kappa shape index (κ1) is 19.9. The first-order valence-corrected chi connectivity index (χ1v) is 10.7. The summed E-state index contributed by atoms with van der Waals surface area (Å²) in [4.78, 5) is 9.19. The molecule has 0 aliphatic carbocycles. The van der Waals surface area contributed by atoms with Gasteiger partial charge >= 0.3 is 0 Å². The molecule has 0 unspecified atom stereocenters. The van der Waals surface area contributed by atoms with Crippen molar-refractivity contribution in [3.05, 3.63) is 66.5 Å². The van der Waals surface area contributed by atoms with Crippen molar-refractivity contribution in [2.24, 2.45) is 0 Å². The number of benzene rings is 2. The number of nitrogens with one attached hydrogen (secondary N) is 2. The van der Waals surface area contributed by atoms with E-state index in [1.807, 2.05) is 31.2 Å². The molecule has 0 bridgehead atoms. The Kier molecular flexibility index (Phi) is 5.15. The number of anilines is 2. The number of rotatable bonds is 6. The van der Waals surface area contributed by atoms with E-state index < -0.39 is 10.0 Å². The third kappa shape index (κ3) is 3.60. The lowest BCUT2D eigenvalue weighted by Gasteiger charge is -2.13. The van der Waals surface area contributed by atoms with Crippen LogP contribution in [-0.4, -0.2) is 37.1 Å². The first-order chi connectivity index (χ1) is 14.4. The zero-order valence-corrected chi connectivity index (χ0v) is 17.6. The lowest BCUT2D eigenvalue weighted by Crippen LogP contribution is -2.20. The maximum absolute atomic E-state index is 12.5. The van der Waals surface area contributed by atoms with Crippen LogP contribution in [0.3, 0.4) is 0 Å². The second-order valence-corrected chi connectivity index (χ2v) is 8.49. The number of aryl methyl sites for hydroxylation is 1. The maximum Gasteiger partial charge on any atom is 0.242 e. The zero-order valence-electron chi connectivity index (χ0n) is 16.7. The Morgan fingerprint density at radius 3 is 2.67 bits per heavy atom. The maximum atomic E-state index is 12.5. The minimum absolute atomic E-state index is 0.168. The summed E-state index contributed by atoms with van der Waals surface area (Å²) in [6.07, 6.45) is 3.48. The van der Waals surface area contributed by atoms with Crippen LogP contribution in [0.1, 0.15) is 5.56 Å². The highest BCUT2D eigenvalue weighted by Gasteiger charge is 2.19. The molecule has 0 atom stereocenters. The van der Waals surface area contributed by atoms with Gasteiger partial charge in [-0.1, -0.05) is 18.2 Å². The average molecular weight is 423 g/mol. The van der Waals surface area contributed by atoms with Crippen molar-refractivity contribution in [2.75, 3.05) is 19.5 Å². The molecule has 4 rings (SSSR count). The Bertz CT molecular complexity index is 1330. The number of hydrogen-bond acceptors (Lipinski definition) is 6. The molecule has 0 aliphatic rings. The number of aromatic nitrogens is 3. The molecule has 2 heterocycles. The Hall–Kier alpha value is -3.43. The highest BCUT2D eigenvalue weighted by Crippen LogP contribution is 2.27. The minimum Gasteiger partial charge on any atom is -0.497 e. The number of fused-ring (bicyclic) bond motifs is 1. The predicted molar refractivity (Wildman–Crippen MR) is 116 cm³/mol. The van der Waals surface area contributed by atoms with Crippen molar-refractivity contribution >= 4 is 32.7 Å². The largest absolute Gasteiger partial charge is 0.497 e. The Morgan fingerprint density at radius 2 is 1.90 bits per heavy atom. The van der Waals surface area contributed by atoms with Crippen molar-refractivity contribution in [1.82, 2.24) is 19.3 Å². The van der Waals surface area contributed by atoms with Crippen LogP contribution >= 0.6 is 0 Å². The van der Waals surface area contributed by atoms with E-state index in [1.165, 1.54) is 7.05 Å². The molecular formula is C21H21N5O3S. The second kappa shape index (κ2) is 7.77. The molecule has 8 nitrogen and oxygen atoms in total. The summed E-state index contributed by atoms with van der Waals surface area (Å²) in [5, 5.41) is 4.01. The second-order valence-electron chi connectivity index (χ2n) is 6.64. The van der Waals surface area contributed by atoms with Gasteiger partial charge in [-0.25, -0.2) is 18.1 Å². The van der Waals surface area contributed by atoms with E-state index in [1.54, 1.807) is 48.3 Å². The van der Waals surface area contributed by atoms with Crippen LogP contribution in [0.25, 0.3) is 16.7 Å². The van der Waals surface area contributed by atoms with Crippen LogP contribution in [0.4, 0.5) is 11.6 Å². The fourth-order valence-electron chi connectivity index (χ4n) is 3.15. The van der Waals surface area contributed by atoms with Crippen LogP contribution < -0.4 is 14.8 Å². The van der Waals surface area contributed by atoms with Gasteiger partial charge in [-0.15, -0.1) is 0 Å². The van der Waals surface area contributed by atoms with Gasteiger partial charge in [0.05, 0.1) is 12.8 Å². The smallest absolute Gasteiger partial charge is 0.242 e. The van der Waals surface area contributed by atoms with Crippen LogP contribution in [0, 0.1) is 6.92 Å². The standard InChI is InChI=1S/C21H21N5O3S/c1-14-8-9-16(29-3)12-17(14)24-21-23-13-15-10-11-26(20(15)25-21)18-6-4-5-7-19(18)30(27,28)22-2/h4-13,22H,1-3H3,(H,23,24,25). The summed E-state index contributed by atoms with van der Waals surface area (Å²) in [6, 6.07) is 14.3. The van der Waals surface area contributed by atoms with Crippen molar-refractivity contribution in [3.8, 4) is 11.4 Å². The minimum atomic E-state index is -3.64. The van der Waals surface area contributed by atoms with Gasteiger partial charge in [0.2, 0.25) is 16.0 Å². The van der Waals surface area contributed by atoms with E-state index in [-0.39, 0.29) is 4.90 Å². The highest BCUT2D eigenvalue weighted by molar-refractivity contribution is 7.89. The monoisotopic (exact) mass is 423 g/mol. The van der Waals surface area contributed by atoms with Gasteiger partial charge in [0.25, 0.3) is 0 Å². The molecule has 9 heteroatoms. The summed E-state index contributed by atoms with van der Waals surface area (Å²) in [6.45, 7) is 1.97. The summed E-state index contributed by atoms with van der Waals surface area (Å²) >= 11 is 0. The predicted octanol–water partition coefficient (Wildman–Crippen LogP) is 3.39. The molecular weight excluding hydrogens is 402 g/mol. The third-order valence-corrected chi connectivity index (χ3v) is 6.26. The van der Waals surface area contributed by atoms with E-state index in [2.05, 4.69) is 20.0 Å². The molecule has 2 aromatic heterocycles. The first-order valence-electron chi connectivity index (χ1n) is 9.21. The number of sulfonamides is 1. The summed E-state index contributed by atoms with van der Waals surface area (Å²) in [5.74, 6) is 1.12. The average Bonchev–Trinajstić information content (AvgIpc) is 3.18. The molecule has 4 aromatic rings. The molecule has 0 amide bonds. The Morgan fingerprint density at radius 1 is 1.10 bits per heavy atom. The molecule has 0 aliphatic heterocycles. The lowest BCUT2D eigenvalue weighted by atomic mass is 10.2. The van der Waals surface area contributed by atoms with Gasteiger partial charge < -0.3 is 10.1 Å². The SMILES string of the molecule is CNS(=O)(=O)c1ccccc1-n1ccc2cnc(Nc3cc(OC)ccc3C)nc21. The summed E-state index contributed by atoms with van der Waals surface area (Å²) in [5.41, 5.74) is 2.93. The molecule has 0 fully saturated rings. The Labute approximate surface area is 174 Å². The topological polar surface area (TPSA) is 98.1 Å². The quantitative estimate of drug-likeness (QED) is 0.493. The van der Waals surface area contributed by atoms with Crippen LogP contribution in [0.15, 0.2) is 65.8 Å². The zero-order chi connectivity index (χ0) is 21.3. The normalized spacial score (nSPS) is 11.6. The van der Waals surface area contributed by atoms with Crippen LogP contribution in [0.5, 0.6) is 5.75 Å². The van der Waals surface area contributed by atoms with Gasteiger partial charge in [0, 0.05) is 29.5 Å². The van der Waals surface area contributed by atoms with Crippen molar-refractivity contribution in [1.29, 1.82) is 0 Å². The third-order valence-electron chi connectivity index (χ3n) is 4.80. The number of nitrogens with zero attached hydrogens (tertiary/aromatic N) is 3. The van der Waals surface area contributed by atoms with Gasteiger partial charge in [0.15, 0.2) is 0 Å². The number of ether oxygens (including phenoxy) is 1. The van der Waals surface area contributed by atoms with Gasteiger partial charge in [-0.05, 0) is 43.8 Å². The molecule has 30 heavy (non-hydrogen) atoms. The van der Waals surface area contributed by atoms with Crippen LogP contribution in [-0.2, 0) is 10.0 Å². The van der Waals surface area contributed by atoms with Gasteiger partial charge in [-0.2, -0.15) is 4.98 Å². The number of para-hydroxylation sites is 1. The Balaban J connectivity index is 1.81.